The first-order chi connectivity index (χ1) is 8.11. The van der Waals surface area contributed by atoms with Gasteiger partial charge in [0.25, 0.3) is 0 Å². The van der Waals surface area contributed by atoms with E-state index in [4.69, 9.17) is 11.6 Å². The number of benzene rings is 1. The van der Waals surface area contributed by atoms with E-state index >= 15 is 0 Å². The number of hydrogen-bond donors (Lipinski definition) is 1. The maximum absolute atomic E-state index is 5.97. The molecule has 17 heavy (non-hydrogen) atoms. The summed E-state index contributed by atoms with van der Waals surface area (Å²) in [6.07, 6.45) is 1.71. The molecule has 0 fully saturated rings. The number of aromatic nitrogens is 2. The predicted octanol–water partition coefficient (Wildman–Crippen LogP) is 4.36. The van der Waals surface area contributed by atoms with Gasteiger partial charge in [0.2, 0.25) is 0 Å². The third-order valence-electron chi connectivity index (χ3n) is 2.15. The van der Waals surface area contributed by atoms with Gasteiger partial charge >= 0.3 is 0 Å². The second kappa shape index (κ2) is 5.33. The molecule has 0 aliphatic heterocycles. The Kier molecular flexibility index (Phi) is 4.01. The van der Waals surface area contributed by atoms with Gasteiger partial charge in [-0.2, -0.15) is 0 Å². The van der Waals surface area contributed by atoms with Crippen molar-refractivity contribution in [3.63, 3.8) is 0 Å². The van der Waals surface area contributed by atoms with E-state index < -0.39 is 0 Å². The summed E-state index contributed by atoms with van der Waals surface area (Å²) < 4.78 is 1.73. The fourth-order valence-corrected chi connectivity index (χ4v) is 2.33. The Morgan fingerprint density at radius 1 is 1.24 bits per heavy atom. The molecule has 6 heteroatoms. The van der Waals surface area contributed by atoms with Crippen LogP contribution in [0.25, 0.3) is 11.4 Å². The molecule has 2 aromatic rings. The topological polar surface area (TPSA) is 37.8 Å². The van der Waals surface area contributed by atoms with Crippen LogP contribution < -0.4 is 5.32 Å². The summed E-state index contributed by atoms with van der Waals surface area (Å²) in [5, 5.41) is 3.65. The molecule has 3 nitrogen and oxygen atoms in total. The maximum Gasteiger partial charge on any atom is 0.162 e. The first kappa shape index (κ1) is 12.8. The lowest BCUT2D eigenvalue weighted by Crippen LogP contribution is -1.98. The fourth-order valence-electron chi connectivity index (χ4n) is 1.34. The van der Waals surface area contributed by atoms with E-state index in [1.807, 2.05) is 25.2 Å². The monoisotopic (exact) mass is 375 g/mol. The first-order valence-corrected chi connectivity index (χ1v) is 6.74. The molecule has 0 saturated carbocycles. The minimum Gasteiger partial charge on any atom is -0.372 e. The number of hydrogen-bond acceptors (Lipinski definition) is 3. The lowest BCUT2D eigenvalue weighted by molar-refractivity contribution is 1.15. The molecule has 1 heterocycles. The first-order valence-electron chi connectivity index (χ1n) is 4.77. The smallest absolute Gasteiger partial charge is 0.162 e. The predicted molar refractivity (Wildman–Crippen MR) is 77.4 cm³/mol. The minimum absolute atomic E-state index is 0.618. The Labute approximate surface area is 121 Å². The van der Waals surface area contributed by atoms with Gasteiger partial charge in [-0.05, 0) is 34.1 Å². The zero-order chi connectivity index (χ0) is 12.4. The molecule has 1 aromatic heterocycles. The highest BCUT2D eigenvalue weighted by Crippen LogP contribution is 2.30. The van der Waals surface area contributed by atoms with Gasteiger partial charge in [-0.3, -0.25) is 0 Å². The van der Waals surface area contributed by atoms with Gasteiger partial charge in [-0.1, -0.05) is 27.5 Å². The fraction of sp³-hybridized carbons (Fsp3) is 0.0909. The molecule has 0 spiro atoms. The number of anilines is 1. The summed E-state index contributed by atoms with van der Waals surface area (Å²) in [6.45, 7) is 0. The van der Waals surface area contributed by atoms with Crippen LogP contribution in [0, 0.1) is 0 Å². The standard InChI is InChI=1S/C11H8Br2ClN3/c1-15-11-9(13)5-16-10(17-11)7-4-6(14)2-3-8(7)12/h2-5H,1H3,(H,15,16,17). The normalized spacial score (nSPS) is 10.4. The van der Waals surface area contributed by atoms with Crippen LogP contribution in [0.15, 0.2) is 33.3 Å². The van der Waals surface area contributed by atoms with Gasteiger partial charge < -0.3 is 5.32 Å². The summed E-state index contributed by atoms with van der Waals surface area (Å²) in [5.41, 5.74) is 0.863. The highest BCUT2D eigenvalue weighted by Gasteiger charge is 2.09. The summed E-state index contributed by atoms with van der Waals surface area (Å²) in [7, 11) is 1.81. The van der Waals surface area contributed by atoms with E-state index in [2.05, 4.69) is 47.1 Å². The molecule has 0 bridgehead atoms. The molecule has 0 saturated heterocycles. The van der Waals surface area contributed by atoms with Crippen LogP contribution in [0.5, 0.6) is 0 Å². The van der Waals surface area contributed by atoms with Crippen molar-refractivity contribution >= 4 is 49.3 Å². The van der Waals surface area contributed by atoms with Crippen LogP contribution in [-0.2, 0) is 0 Å². The van der Waals surface area contributed by atoms with Gasteiger partial charge in [-0.15, -0.1) is 0 Å². The van der Waals surface area contributed by atoms with Gasteiger partial charge in [0.05, 0.1) is 4.47 Å². The van der Waals surface area contributed by atoms with Crippen LogP contribution in [0.3, 0.4) is 0 Å². The summed E-state index contributed by atoms with van der Waals surface area (Å²) in [6, 6.07) is 5.52. The molecule has 0 unspecified atom stereocenters. The molecule has 1 N–H and O–H groups in total. The minimum atomic E-state index is 0.618. The van der Waals surface area contributed by atoms with Gasteiger partial charge in [0.1, 0.15) is 5.82 Å². The zero-order valence-electron chi connectivity index (χ0n) is 8.84. The van der Waals surface area contributed by atoms with Crippen LogP contribution in [0.2, 0.25) is 5.02 Å². The van der Waals surface area contributed by atoms with Crippen LogP contribution >= 0.6 is 43.5 Å². The lowest BCUT2D eigenvalue weighted by atomic mass is 10.2. The molecule has 88 valence electrons. The Balaban J connectivity index is 2.56. The van der Waals surface area contributed by atoms with E-state index in [-0.39, 0.29) is 0 Å². The molecular formula is C11H8Br2ClN3. The summed E-state index contributed by atoms with van der Waals surface area (Å²) in [4.78, 5) is 8.68. The number of rotatable bonds is 2. The average Bonchev–Trinajstić information content (AvgIpc) is 2.33. The molecule has 2 rings (SSSR count). The Morgan fingerprint density at radius 2 is 2.00 bits per heavy atom. The molecule has 0 aliphatic carbocycles. The third-order valence-corrected chi connectivity index (χ3v) is 3.66. The Morgan fingerprint density at radius 3 is 2.71 bits per heavy atom. The van der Waals surface area contributed by atoms with Crippen LogP contribution in [0.1, 0.15) is 0 Å². The van der Waals surface area contributed by atoms with Crippen LogP contribution in [0.4, 0.5) is 5.82 Å². The lowest BCUT2D eigenvalue weighted by Gasteiger charge is -2.07. The van der Waals surface area contributed by atoms with Crippen molar-refractivity contribution in [1.82, 2.24) is 9.97 Å². The number of halogens is 3. The SMILES string of the molecule is CNc1nc(-c2cc(Cl)ccc2Br)ncc1Br. The summed E-state index contributed by atoms with van der Waals surface area (Å²) in [5.74, 6) is 1.36. The van der Waals surface area contributed by atoms with E-state index in [0.29, 0.717) is 10.8 Å². The van der Waals surface area contributed by atoms with Crippen molar-refractivity contribution in [3.8, 4) is 11.4 Å². The average molecular weight is 377 g/mol. The van der Waals surface area contributed by atoms with Crippen molar-refractivity contribution in [2.24, 2.45) is 0 Å². The van der Waals surface area contributed by atoms with Crippen molar-refractivity contribution in [3.05, 3.63) is 38.4 Å². The Hall–Kier alpha value is -0.650. The molecule has 0 radical (unpaired) electrons. The third kappa shape index (κ3) is 2.78. The molecule has 0 amide bonds. The van der Waals surface area contributed by atoms with Crippen molar-refractivity contribution < 1.29 is 0 Å². The second-order valence-corrected chi connectivity index (χ2v) is 5.41. The highest BCUT2D eigenvalue weighted by atomic mass is 79.9. The highest BCUT2D eigenvalue weighted by molar-refractivity contribution is 9.11. The van der Waals surface area contributed by atoms with E-state index in [0.717, 1.165) is 20.3 Å². The molecule has 0 atom stereocenters. The van der Waals surface area contributed by atoms with E-state index in [9.17, 15) is 0 Å². The van der Waals surface area contributed by atoms with Crippen molar-refractivity contribution in [1.29, 1.82) is 0 Å². The van der Waals surface area contributed by atoms with E-state index in [1.54, 1.807) is 6.20 Å². The summed E-state index contributed by atoms with van der Waals surface area (Å²) >= 11 is 12.8. The molecule has 1 aromatic carbocycles. The molecule has 0 aliphatic rings. The maximum atomic E-state index is 5.97. The van der Waals surface area contributed by atoms with E-state index in [1.165, 1.54) is 0 Å². The molecular weight excluding hydrogens is 369 g/mol. The van der Waals surface area contributed by atoms with Crippen LogP contribution in [-0.4, -0.2) is 17.0 Å². The second-order valence-electron chi connectivity index (χ2n) is 3.26. The largest absolute Gasteiger partial charge is 0.372 e. The van der Waals surface area contributed by atoms with Gasteiger partial charge in [0.15, 0.2) is 5.82 Å². The quantitative estimate of drug-likeness (QED) is 0.845. The van der Waals surface area contributed by atoms with Crippen molar-refractivity contribution in [2.75, 3.05) is 12.4 Å². The van der Waals surface area contributed by atoms with Crippen molar-refractivity contribution in [2.45, 2.75) is 0 Å². The number of nitrogens with zero attached hydrogens (tertiary/aromatic N) is 2. The number of nitrogens with one attached hydrogen (secondary N) is 1. The Bertz CT molecular complexity index is 560. The zero-order valence-corrected chi connectivity index (χ0v) is 12.8. The van der Waals surface area contributed by atoms with Gasteiger partial charge in [0, 0.05) is 28.3 Å². The van der Waals surface area contributed by atoms with Gasteiger partial charge in [-0.25, -0.2) is 9.97 Å².